The number of carbonyl (C=O) groups excluding carboxylic acids is 1. The van der Waals surface area contributed by atoms with Gasteiger partial charge in [0.2, 0.25) is 0 Å². The van der Waals surface area contributed by atoms with Crippen LogP contribution in [0, 0.1) is 5.82 Å². The minimum Gasteiger partial charge on any atom is -0.422 e. The molecule has 0 aliphatic heterocycles. The monoisotopic (exact) mass is 400 g/mol. The molecule has 5 aromatic rings. The van der Waals surface area contributed by atoms with Crippen molar-refractivity contribution in [2.45, 2.75) is 0 Å². The molecule has 8 heteroatoms. The lowest BCUT2D eigenvalue weighted by atomic mass is 10.1. The van der Waals surface area contributed by atoms with Crippen LogP contribution in [-0.4, -0.2) is 20.9 Å². The second-order valence-corrected chi connectivity index (χ2v) is 6.61. The SMILES string of the molecule is O=C(Nc1ccc2nn(-c3ccc(F)cc3)nc2c1)c1cc2ccccc2oc1=O. The summed E-state index contributed by atoms with van der Waals surface area (Å²) in [5.74, 6) is -0.932. The van der Waals surface area contributed by atoms with Gasteiger partial charge in [-0.2, -0.15) is 4.80 Å². The first kappa shape index (κ1) is 17.7. The highest BCUT2D eigenvalue weighted by molar-refractivity contribution is 6.06. The third-order valence-corrected chi connectivity index (χ3v) is 4.58. The summed E-state index contributed by atoms with van der Waals surface area (Å²) in [6.07, 6.45) is 0. The second kappa shape index (κ2) is 6.93. The molecule has 7 nitrogen and oxygen atoms in total. The Morgan fingerprint density at radius 2 is 1.70 bits per heavy atom. The molecule has 0 aliphatic carbocycles. The summed E-state index contributed by atoms with van der Waals surface area (Å²) in [4.78, 5) is 26.2. The zero-order chi connectivity index (χ0) is 20.7. The van der Waals surface area contributed by atoms with E-state index < -0.39 is 11.5 Å². The average molecular weight is 400 g/mol. The summed E-state index contributed by atoms with van der Waals surface area (Å²) in [5.41, 5.74) is 1.79. The fourth-order valence-corrected chi connectivity index (χ4v) is 3.10. The van der Waals surface area contributed by atoms with Gasteiger partial charge in [-0.3, -0.25) is 4.79 Å². The summed E-state index contributed by atoms with van der Waals surface area (Å²) in [5, 5.41) is 12.0. The number of nitrogens with zero attached hydrogens (tertiary/aromatic N) is 3. The van der Waals surface area contributed by atoms with E-state index in [1.807, 2.05) is 0 Å². The van der Waals surface area contributed by atoms with Gasteiger partial charge >= 0.3 is 5.63 Å². The summed E-state index contributed by atoms with van der Waals surface area (Å²) < 4.78 is 18.3. The first-order valence-electron chi connectivity index (χ1n) is 9.04. The Bertz CT molecular complexity index is 1470. The van der Waals surface area contributed by atoms with Crippen molar-refractivity contribution in [3.63, 3.8) is 0 Å². The van der Waals surface area contributed by atoms with E-state index in [1.54, 1.807) is 54.6 Å². The van der Waals surface area contributed by atoms with E-state index in [4.69, 9.17) is 4.42 Å². The first-order valence-corrected chi connectivity index (χ1v) is 9.04. The number of carbonyl (C=O) groups is 1. The van der Waals surface area contributed by atoms with Crippen molar-refractivity contribution in [2.24, 2.45) is 0 Å². The molecule has 0 saturated carbocycles. The lowest BCUT2D eigenvalue weighted by Gasteiger charge is -2.05. The number of halogens is 1. The fraction of sp³-hybridized carbons (Fsp3) is 0. The molecule has 0 aliphatic rings. The molecule has 146 valence electrons. The highest BCUT2D eigenvalue weighted by Crippen LogP contribution is 2.19. The van der Waals surface area contributed by atoms with Crippen LogP contribution in [0.4, 0.5) is 10.1 Å². The maximum absolute atomic E-state index is 13.1. The number of hydrogen-bond donors (Lipinski definition) is 1. The highest BCUT2D eigenvalue weighted by Gasteiger charge is 2.15. The van der Waals surface area contributed by atoms with Crippen molar-refractivity contribution in [2.75, 3.05) is 5.32 Å². The third-order valence-electron chi connectivity index (χ3n) is 4.58. The molecule has 0 radical (unpaired) electrons. The smallest absolute Gasteiger partial charge is 0.349 e. The number of para-hydroxylation sites is 1. The Balaban J connectivity index is 1.45. The minimum atomic E-state index is -0.713. The van der Waals surface area contributed by atoms with Gasteiger partial charge in [-0.25, -0.2) is 9.18 Å². The molecule has 5 rings (SSSR count). The molecule has 0 saturated heterocycles. The molecule has 0 atom stereocenters. The van der Waals surface area contributed by atoms with E-state index in [9.17, 15) is 14.0 Å². The highest BCUT2D eigenvalue weighted by atomic mass is 19.1. The summed E-state index contributed by atoms with van der Waals surface area (Å²) >= 11 is 0. The van der Waals surface area contributed by atoms with Crippen molar-refractivity contribution >= 4 is 33.6 Å². The van der Waals surface area contributed by atoms with Gasteiger partial charge in [0.15, 0.2) is 0 Å². The maximum Gasteiger partial charge on any atom is 0.349 e. The van der Waals surface area contributed by atoms with Gasteiger partial charge in [0.25, 0.3) is 5.91 Å². The zero-order valence-corrected chi connectivity index (χ0v) is 15.4. The van der Waals surface area contributed by atoms with Crippen LogP contribution >= 0.6 is 0 Å². The minimum absolute atomic E-state index is 0.0937. The topological polar surface area (TPSA) is 90.0 Å². The van der Waals surface area contributed by atoms with Gasteiger partial charge in [0.05, 0.1) is 5.69 Å². The molecular weight excluding hydrogens is 387 g/mol. The number of aromatic nitrogens is 3. The van der Waals surface area contributed by atoms with Gasteiger partial charge in [0.1, 0.15) is 28.0 Å². The number of anilines is 1. The lowest BCUT2D eigenvalue weighted by molar-refractivity contribution is 0.102. The van der Waals surface area contributed by atoms with Crippen LogP contribution in [0.3, 0.4) is 0 Å². The lowest BCUT2D eigenvalue weighted by Crippen LogP contribution is -2.20. The molecule has 3 aromatic carbocycles. The Morgan fingerprint density at radius 1 is 0.933 bits per heavy atom. The van der Waals surface area contributed by atoms with Gasteiger partial charge in [-0.1, -0.05) is 18.2 Å². The number of hydrogen-bond acceptors (Lipinski definition) is 5. The standard InChI is InChI=1S/C22H13FN4O3/c23-14-5-8-16(9-6-14)27-25-18-10-7-15(12-19(18)26-27)24-21(28)17-11-13-3-1-2-4-20(13)30-22(17)29/h1-12H,(H,24,28). The molecule has 1 N–H and O–H groups in total. The molecule has 1 amide bonds. The van der Waals surface area contributed by atoms with Crippen LogP contribution in [0.15, 0.2) is 82.0 Å². The van der Waals surface area contributed by atoms with E-state index in [-0.39, 0.29) is 11.4 Å². The Morgan fingerprint density at radius 3 is 2.53 bits per heavy atom. The quantitative estimate of drug-likeness (QED) is 0.464. The predicted molar refractivity (Wildman–Crippen MR) is 109 cm³/mol. The summed E-state index contributed by atoms with van der Waals surface area (Å²) in [7, 11) is 0. The molecular formula is C22H13FN4O3. The molecule has 0 fully saturated rings. The van der Waals surface area contributed by atoms with E-state index >= 15 is 0 Å². The number of nitrogens with one attached hydrogen (secondary N) is 1. The van der Waals surface area contributed by atoms with E-state index in [2.05, 4.69) is 15.5 Å². The summed E-state index contributed by atoms with van der Waals surface area (Å²) in [6.45, 7) is 0. The van der Waals surface area contributed by atoms with Crippen LogP contribution < -0.4 is 10.9 Å². The Kier molecular flexibility index (Phi) is 4.10. The second-order valence-electron chi connectivity index (χ2n) is 6.61. The Labute approximate surface area is 168 Å². The summed E-state index contributed by atoms with van der Waals surface area (Å²) in [6, 6.07) is 19.2. The zero-order valence-electron chi connectivity index (χ0n) is 15.4. The molecule has 0 unspecified atom stereocenters. The number of amides is 1. The number of benzene rings is 3. The van der Waals surface area contributed by atoms with Crippen LogP contribution in [0.1, 0.15) is 10.4 Å². The van der Waals surface area contributed by atoms with Gasteiger partial charge < -0.3 is 9.73 Å². The largest absolute Gasteiger partial charge is 0.422 e. The predicted octanol–water partition coefficient (Wildman–Crippen LogP) is 3.92. The van der Waals surface area contributed by atoms with Gasteiger partial charge in [0, 0.05) is 11.1 Å². The molecule has 0 bridgehead atoms. The molecule has 0 spiro atoms. The van der Waals surface area contributed by atoms with Crippen LogP contribution in [0.5, 0.6) is 0 Å². The van der Waals surface area contributed by atoms with Crippen molar-refractivity contribution in [1.82, 2.24) is 15.0 Å². The van der Waals surface area contributed by atoms with Crippen LogP contribution in [0.25, 0.3) is 27.7 Å². The van der Waals surface area contributed by atoms with Gasteiger partial charge in [-0.05, 0) is 54.6 Å². The van der Waals surface area contributed by atoms with E-state index in [0.29, 0.717) is 33.4 Å². The number of fused-ring (bicyclic) bond motifs is 2. The van der Waals surface area contributed by atoms with E-state index in [1.165, 1.54) is 23.0 Å². The average Bonchev–Trinajstić information content (AvgIpc) is 3.17. The van der Waals surface area contributed by atoms with Crippen molar-refractivity contribution in [1.29, 1.82) is 0 Å². The van der Waals surface area contributed by atoms with Crippen molar-refractivity contribution < 1.29 is 13.6 Å². The maximum atomic E-state index is 13.1. The molecule has 2 aromatic heterocycles. The Hall–Kier alpha value is -4.33. The molecule has 30 heavy (non-hydrogen) atoms. The van der Waals surface area contributed by atoms with Crippen LogP contribution in [-0.2, 0) is 0 Å². The van der Waals surface area contributed by atoms with Crippen molar-refractivity contribution in [3.05, 3.63) is 94.6 Å². The third kappa shape index (κ3) is 3.20. The first-order chi connectivity index (χ1) is 14.6. The van der Waals surface area contributed by atoms with E-state index in [0.717, 1.165) is 0 Å². The fourth-order valence-electron chi connectivity index (χ4n) is 3.10. The van der Waals surface area contributed by atoms with Crippen LogP contribution in [0.2, 0.25) is 0 Å². The normalized spacial score (nSPS) is 11.1. The number of rotatable bonds is 3. The molecule has 2 heterocycles. The van der Waals surface area contributed by atoms with Gasteiger partial charge in [-0.15, -0.1) is 10.2 Å². The van der Waals surface area contributed by atoms with Crippen molar-refractivity contribution in [3.8, 4) is 5.69 Å².